The molecule has 1 aromatic heterocycles. The number of hydrazone groups is 1. The van der Waals surface area contributed by atoms with Gasteiger partial charge in [0.25, 0.3) is 5.91 Å². The maximum Gasteiger partial charge on any atom is 0.260 e. The van der Waals surface area contributed by atoms with Crippen molar-refractivity contribution >= 4 is 28.8 Å². The third-order valence-corrected chi connectivity index (χ3v) is 4.89. The fraction of sp³-hybridized carbons (Fsp3) is 0.261. The fourth-order valence-electron chi connectivity index (χ4n) is 3.23. The average molecular weight is 420 g/mol. The molecule has 3 aromatic rings. The van der Waals surface area contributed by atoms with Crippen molar-refractivity contribution in [2.75, 3.05) is 45.4 Å². The summed E-state index contributed by atoms with van der Waals surface area (Å²) in [5.41, 5.74) is 4.66. The van der Waals surface area contributed by atoms with Gasteiger partial charge in [0.1, 0.15) is 5.82 Å². The number of carbonyl (C=O) groups excluding carboxylic acids is 1. The standard InChI is InChI=1S/C23H24N4O4/c1-29-21-14-17(6-8-20(21)31-16-23(28)27-10-12-30-13-11-27)15-24-26-22-9-7-18-4-2-3-5-19(18)25-22/h2-9,14-15H,10-13,16H2,1H3,(H,25,26)/b24-15+. The lowest BCUT2D eigenvalue weighted by Crippen LogP contribution is -2.43. The molecule has 0 unspecified atom stereocenters. The van der Waals surface area contributed by atoms with Gasteiger partial charge in [-0.05, 0) is 42.0 Å². The van der Waals surface area contributed by atoms with Gasteiger partial charge in [0.05, 0.1) is 32.1 Å². The third-order valence-electron chi connectivity index (χ3n) is 4.89. The summed E-state index contributed by atoms with van der Waals surface area (Å²) in [4.78, 5) is 18.5. The molecule has 1 amide bonds. The Labute approximate surface area is 180 Å². The first kappa shape index (κ1) is 20.6. The van der Waals surface area contributed by atoms with Gasteiger partial charge in [-0.15, -0.1) is 0 Å². The molecule has 2 heterocycles. The first-order chi connectivity index (χ1) is 15.2. The van der Waals surface area contributed by atoms with E-state index in [1.807, 2.05) is 42.5 Å². The highest BCUT2D eigenvalue weighted by Crippen LogP contribution is 2.27. The average Bonchev–Trinajstić information content (AvgIpc) is 2.83. The SMILES string of the molecule is COc1cc(/C=N/Nc2ccc3ccccc3n2)ccc1OCC(=O)N1CCOCC1. The molecule has 0 radical (unpaired) electrons. The van der Waals surface area contributed by atoms with Crippen LogP contribution in [0.5, 0.6) is 11.5 Å². The summed E-state index contributed by atoms with van der Waals surface area (Å²) in [6.07, 6.45) is 1.67. The van der Waals surface area contributed by atoms with E-state index in [0.717, 1.165) is 16.5 Å². The normalized spacial score (nSPS) is 14.0. The summed E-state index contributed by atoms with van der Waals surface area (Å²) in [6, 6.07) is 17.2. The molecule has 1 aliphatic rings. The number of methoxy groups -OCH3 is 1. The monoisotopic (exact) mass is 420 g/mol. The number of anilines is 1. The second kappa shape index (κ2) is 9.90. The molecule has 1 aliphatic heterocycles. The van der Waals surface area contributed by atoms with Crippen molar-refractivity contribution in [2.24, 2.45) is 5.10 Å². The number of hydrogen-bond acceptors (Lipinski definition) is 7. The predicted octanol–water partition coefficient (Wildman–Crippen LogP) is 2.93. The molecule has 0 saturated carbocycles. The molecule has 4 rings (SSSR count). The lowest BCUT2D eigenvalue weighted by Gasteiger charge is -2.26. The van der Waals surface area contributed by atoms with E-state index in [2.05, 4.69) is 15.5 Å². The molecule has 160 valence electrons. The molecule has 0 bridgehead atoms. The van der Waals surface area contributed by atoms with E-state index in [1.54, 1.807) is 30.4 Å². The number of hydrogen-bond donors (Lipinski definition) is 1. The molecular weight excluding hydrogens is 396 g/mol. The number of fused-ring (bicyclic) bond motifs is 1. The highest BCUT2D eigenvalue weighted by atomic mass is 16.5. The van der Waals surface area contributed by atoms with E-state index in [1.165, 1.54) is 0 Å². The maximum absolute atomic E-state index is 12.3. The molecule has 0 aliphatic carbocycles. The van der Waals surface area contributed by atoms with Gasteiger partial charge in [-0.1, -0.05) is 18.2 Å². The van der Waals surface area contributed by atoms with Crippen LogP contribution >= 0.6 is 0 Å². The van der Waals surface area contributed by atoms with Gasteiger partial charge < -0.3 is 19.1 Å². The summed E-state index contributed by atoms with van der Waals surface area (Å²) < 4.78 is 16.4. The number of nitrogens with zero attached hydrogens (tertiary/aromatic N) is 3. The van der Waals surface area contributed by atoms with Crippen molar-refractivity contribution in [1.29, 1.82) is 0 Å². The van der Waals surface area contributed by atoms with Crippen LogP contribution in [0.4, 0.5) is 5.82 Å². The van der Waals surface area contributed by atoms with Crippen molar-refractivity contribution in [1.82, 2.24) is 9.88 Å². The first-order valence-electron chi connectivity index (χ1n) is 10.0. The number of morpholine rings is 1. The van der Waals surface area contributed by atoms with Crippen molar-refractivity contribution in [2.45, 2.75) is 0 Å². The van der Waals surface area contributed by atoms with Gasteiger partial charge in [0.15, 0.2) is 18.1 Å². The summed E-state index contributed by atoms with van der Waals surface area (Å²) in [6.45, 7) is 2.26. The Hall–Kier alpha value is -3.65. The van der Waals surface area contributed by atoms with Crippen LogP contribution in [-0.2, 0) is 9.53 Å². The minimum absolute atomic E-state index is 0.0427. The van der Waals surface area contributed by atoms with Crippen LogP contribution in [0.25, 0.3) is 10.9 Å². The summed E-state index contributed by atoms with van der Waals surface area (Å²) in [7, 11) is 1.56. The largest absolute Gasteiger partial charge is 0.493 e. The minimum atomic E-state index is -0.0666. The molecule has 8 nitrogen and oxygen atoms in total. The summed E-state index contributed by atoms with van der Waals surface area (Å²) in [5.74, 6) is 1.62. The van der Waals surface area contributed by atoms with Crippen LogP contribution in [0.15, 0.2) is 59.7 Å². The topological polar surface area (TPSA) is 85.3 Å². The summed E-state index contributed by atoms with van der Waals surface area (Å²) in [5, 5.41) is 5.33. The van der Waals surface area contributed by atoms with Gasteiger partial charge in [0.2, 0.25) is 0 Å². The maximum atomic E-state index is 12.3. The van der Waals surface area contributed by atoms with Crippen LogP contribution in [-0.4, -0.2) is 62.0 Å². The molecule has 8 heteroatoms. The molecule has 1 N–H and O–H groups in total. The van der Waals surface area contributed by atoms with Crippen molar-refractivity contribution < 1.29 is 19.0 Å². The number of benzene rings is 2. The van der Waals surface area contributed by atoms with Gasteiger partial charge in [-0.2, -0.15) is 5.10 Å². The van der Waals surface area contributed by atoms with Gasteiger partial charge in [-0.3, -0.25) is 10.2 Å². The zero-order valence-electron chi connectivity index (χ0n) is 17.3. The van der Waals surface area contributed by atoms with E-state index >= 15 is 0 Å². The minimum Gasteiger partial charge on any atom is -0.493 e. The van der Waals surface area contributed by atoms with Crippen LogP contribution in [0, 0.1) is 0 Å². The molecule has 1 saturated heterocycles. The summed E-state index contributed by atoms with van der Waals surface area (Å²) >= 11 is 0. The molecular formula is C23H24N4O4. The van der Waals surface area contributed by atoms with Gasteiger partial charge in [-0.25, -0.2) is 4.98 Å². The van der Waals surface area contributed by atoms with Crippen LogP contribution in [0.1, 0.15) is 5.56 Å². The lowest BCUT2D eigenvalue weighted by molar-refractivity contribution is -0.137. The van der Waals surface area contributed by atoms with Gasteiger partial charge in [0, 0.05) is 18.5 Å². The number of amides is 1. The second-order valence-electron chi connectivity index (χ2n) is 6.95. The van der Waals surface area contributed by atoms with E-state index in [0.29, 0.717) is 43.6 Å². The Morgan fingerprint density at radius 2 is 2.00 bits per heavy atom. The van der Waals surface area contributed by atoms with Crippen molar-refractivity contribution in [3.8, 4) is 11.5 Å². The number of para-hydroxylation sites is 1. The van der Waals surface area contributed by atoms with Gasteiger partial charge >= 0.3 is 0 Å². The Bertz CT molecular complexity index is 1080. The highest BCUT2D eigenvalue weighted by molar-refractivity contribution is 5.83. The zero-order chi connectivity index (χ0) is 21.5. The second-order valence-corrected chi connectivity index (χ2v) is 6.95. The fourth-order valence-corrected chi connectivity index (χ4v) is 3.23. The highest BCUT2D eigenvalue weighted by Gasteiger charge is 2.18. The first-order valence-corrected chi connectivity index (χ1v) is 10.0. The quantitative estimate of drug-likeness (QED) is 0.467. The smallest absolute Gasteiger partial charge is 0.260 e. The molecule has 0 atom stereocenters. The van der Waals surface area contributed by atoms with Crippen LogP contribution < -0.4 is 14.9 Å². The number of aromatic nitrogens is 1. The number of nitrogens with one attached hydrogen (secondary N) is 1. The lowest BCUT2D eigenvalue weighted by atomic mass is 10.2. The predicted molar refractivity (Wildman–Crippen MR) is 119 cm³/mol. The Kier molecular flexibility index (Phi) is 6.59. The zero-order valence-corrected chi connectivity index (χ0v) is 17.3. The molecule has 31 heavy (non-hydrogen) atoms. The molecule has 1 fully saturated rings. The van der Waals surface area contributed by atoms with Crippen molar-refractivity contribution in [3.05, 3.63) is 60.2 Å². The van der Waals surface area contributed by atoms with Crippen LogP contribution in [0.2, 0.25) is 0 Å². The number of carbonyl (C=O) groups is 1. The van der Waals surface area contributed by atoms with E-state index in [-0.39, 0.29) is 12.5 Å². The Morgan fingerprint density at radius 1 is 1.16 bits per heavy atom. The third kappa shape index (κ3) is 5.29. The number of rotatable bonds is 7. The number of pyridine rings is 1. The molecule has 0 spiro atoms. The van der Waals surface area contributed by atoms with E-state index in [4.69, 9.17) is 14.2 Å². The Morgan fingerprint density at radius 3 is 2.84 bits per heavy atom. The van der Waals surface area contributed by atoms with E-state index < -0.39 is 0 Å². The number of ether oxygens (including phenoxy) is 3. The van der Waals surface area contributed by atoms with Crippen molar-refractivity contribution in [3.63, 3.8) is 0 Å². The Balaban J connectivity index is 1.36. The van der Waals surface area contributed by atoms with Crippen LogP contribution in [0.3, 0.4) is 0 Å². The molecule has 2 aromatic carbocycles. The van der Waals surface area contributed by atoms with E-state index in [9.17, 15) is 4.79 Å².